The van der Waals surface area contributed by atoms with E-state index in [1.54, 1.807) is 0 Å². The number of nitrogens with zero attached hydrogens (tertiary/aromatic N) is 2. The van der Waals surface area contributed by atoms with Crippen LogP contribution >= 0.6 is 22.7 Å². The van der Waals surface area contributed by atoms with Crippen molar-refractivity contribution in [3.8, 4) is 0 Å². The first-order valence-corrected chi connectivity index (χ1v) is 10.9. The zero-order valence-electron chi connectivity index (χ0n) is 17.0. The summed E-state index contributed by atoms with van der Waals surface area (Å²) in [6.07, 6.45) is 6.35. The van der Waals surface area contributed by atoms with Crippen molar-refractivity contribution in [2.24, 2.45) is 0 Å². The summed E-state index contributed by atoms with van der Waals surface area (Å²) in [6, 6.07) is 0. The third kappa shape index (κ3) is 8.39. The van der Waals surface area contributed by atoms with Gasteiger partial charge in [0.2, 0.25) is 0 Å². The van der Waals surface area contributed by atoms with Crippen molar-refractivity contribution in [2.45, 2.75) is 92.9 Å². The summed E-state index contributed by atoms with van der Waals surface area (Å²) in [5.41, 5.74) is 0. The quantitative estimate of drug-likeness (QED) is 0.542. The van der Waals surface area contributed by atoms with E-state index in [2.05, 4.69) is 58.4 Å². The Bertz CT molecular complexity index is 517. The topological polar surface area (TPSA) is 25.8 Å². The Hall–Kier alpha value is -0.740. The van der Waals surface area contributed by atoms with E-state index in [9.17, 15) is 0 Å². The summed E-state index contributed by atoms with van der Waals surface area (Å²) in [7, 11) is 0. The smallest absolute Gasteiger partial charge is 0.0953 e. The molecule has 0 aliphatic heterocycles. The van der Waals surface area contributed by atoms with E-state index in [0.717, 1.165) is 6.42 Å². The minimum absolute atomic E-state index is 0.576. The molecule has 4 heteroatoms. The van der Waals surface area contributed by atoms with Crippen LogP contribution in [0.15, 0.2) is 12.4 Å². The summed E-state index contributed by atoms with van der Waals surface area (Å²) < 4.78 is 0. The van der Waals surface area contributed by atoms with Gasteiger partial charge in [0.25, 0.3) is 0 Å². The zero-order chi connectivity index (χ0) is 18.7. The fourth-order valence-electron chi connectivity index (χ4n) is 1.76. The van der Waals surface area contributed by atoms with Gasteiger partial charge in [-0.3, -0.25) is 0 Å². The number of hydrogen-bond acceptors (Lipinski definition) is 4. The normalized spacial score (nSPS) is 10.5. The summed E-state index contributed by atoms with van der Waals surface area (Å²) in [5.74, 6) is 1.84. The van der Waals surface area contributed by atoms with Crippen LogP contribution in [0.25, 0.3) is 0 Å². The van der Waals surface area contributed by atoms with Crippen LogP contribution in [0.5, 0.6) is 0 Å². The fourth-order valence-corrected chi connectivity index (χ4v) is 3.70. The molecule has 0 aliphatic rings. The number of thiazole rings is 2. The Morgan fingerprint density at radius 3 is 1.62 bits per heavy atom. The van der Waals surface area contributed by atoms with Crippen LogP contribution < -0.4 is 0 Å². The molecule has 138 valence electrons. The van der Waals surface area contributed by atoms with Crippen LogP contribution in [0.1, 0.15) is 106 Å². The molecule has 0 saturated heterocycles. The van der Waals surface area contributed by atoms with Crippen LogP contribution in [0, 0.1) is 0 Å². The van der Waals surface area contributed by atoms with Gasteiger partial charge < -0.3 is 0 Å². The highest BCUT2D eigenvalue weighted by molar-refractivity contribution is 7.12. The number of rotatable bonds is 5. The maximum atomic E-state index is 4.36. The highest BCUT2D eigenvalue weighted by Gasteiger charge is 2.07. The molecule has 0 atom stereocenters. The lowest BCUT2D eigenvalue weighted by Gasteiger charge is -1.98. The first-order chi connectivity index (χ1) is 11.3. The molecule has 0 bridgehead atoms. The van der Waals surface area contributed by atoms with Gasteiger partial charge in [-0.2, -0.15) is 0 Å². The maximum Gasteiger partial charge on any atom is 0.0953 e. The largest absolute Gasteiger partial charge is 0.249 e. The maximum absolute atomic E-state index is 4.36. The molecule has 0 unspecified atom stereocenters. The molecular weight excluding hydrogens is 332 g/mol. The van der Waals surface area contributed by atoms with Crippen LogP contribution in [0.3, 0.4) is 0 Å². The van der Waals surface area contributed by atoms with Crippen molar-refractivity contribution in [3.05, 3.63) is 32.2 Å². The second-order valence-electron chi connectivity index (χ2n) is 6.47. The number of aromatic nitrogens is 2. The summed E-state index contributed by atoms with van der Waals surface area (Å²) in [5, 5.41) is 2.55. The molecule has 0 radical (unpaired) electrons. The van der Waals surface area contributed by atoms with E-state index in [-0.39, 0.29) is 0 Å². The van der Waals surface area contributed by atoms with Crippen molar-refractivity contribution in [2.75, 3.05) is 0 Å². The van der Waals surface area contributed by atoms with Crippen molar-refractivity contribution in [1.82, 2.24) is 9.97 Å². The Morgan fingerprint density at radius 2 is 1.29 bits per heavy atom. The highest BCUT2D eigenvalue weighted by Crippen LogP contribution is 2.26. The van der Waals surface area contributed by atoms with Gasteiger partial charge in [-0.25, -0.2) is 9.97 Å². The van der Waals surface area contributed by atoms with Crippen molar-refractivity contribution < 1.29 is 0 Å². The number of aryl methyl sites for hydroxylation is 1. The molecule has 0 spiro atoms. The molecule has 2 rings (SSSR count). The fraction of sp³-hybridized carbons (Fsp3) is 0.700. The van der Waals surface area contributed by atoms with E-state index >= 15 is 0 Å². The van der Waals surface area contributed by atoms with Gasteiger partial charge in [-0.05, 0) is 24.7 Å². The van der Waals surface area contributed by atoms with Gasteiger partial charge in [0.1, 0.15) is 0 Å². The molecule has 0 amide bonds. The second-order valence-corrected chi connectivity index (χ2v) is 8.71. The Labute approximate surface area is 157 Å². The van der Waals surface area contributed by atoms with E-state index in [1.165, 1.54) is 26.2 Å². The van der Waals surface area contributed by atoms with E-state index in [4.69, 9.17) is 0 Å². The highest BCUT2D eigenvalue weighted by atomic mass is 32.1. The predicted molar refractivity (Wildman–Crippen MR) is 112 cm³/mol. The van der Waals surface area contributed by atoms with Gasteiger partial charge in [0, 0.05) is 28.1 Å². The molecule has 2 aromatic rings. The minimum atomic E-state index is 0.576. The first kappa shape index (κ1) is 23.3. The SMILES string of the molecule is CC.CC(C)c1cnc(C(C)C)s1.CCCc1ncc(C(C)C)s1. The van der Waals surface area contributed by atoms with Crippen LogP contribution in [0.4, 0.5) is 0 Å². The summed E-state index contributed by atoms with van der Waals surface area (Å²) in [6.45, 7) is 19.4. The average molecular weight is 369 g/mol. The lowest BCUT2D eigenvalue weighted by Crippen LogP contribution is -1.81. The Kier molecular flexibility index (Phi) is 12.2. The average Bonchev–Trinajstić information content (AvgIpc) is 3.19. The van der Waals surface area contributed by atoms with Crippen molar-refractivity contribution in [3.63, 3.8) is 0 Å². The predicted octanol–water partition coefficient (Wildman–Crippen LogP) is 7.64. The minimum Gasteiger partial charge on any atom is -0.249 e. The molecule has 0 aliphatic carbocycles. The van der Waals surface area contributed by atoms with E-state index < -0.39 is 0 Å². The Balaban J connectivity index is 0.000000400. The van der Waals surface area contributed by atoms with Gasteiger partial charge in [-0.15, -0.1) is 22.7 Å². The summed E-state index contributed by atoms with van der Waals surface area (Å²) in [4.78, 5) is 11.5. The molecule has 24 heavy (non-hydrogen) atoms. The molecular formula is C20H36N2S2. The second kappa shape index (κ2) is 12.6. The molecule has 2 nitrogen and oxygen atoms in total. The van der Waals surface area contributed by atoms with E-state index in [0.29, 0.717) is 17.8 Å². The first-order valence-electron chi connectivity index (χ1n) is 9.25. The lowest BCUT2D eigenvalue weighted by molar-refractivity contribution is 0.850. The summed E-state index contributed by atoms with van der Waals surface area (Å²) >= 11 is 3.69. The third-order valence-electron chi connectivity index (χ3n) is 3.21. The standard InChI is InChI=1S/2C9H15NS.C2H6/c1-6(2)8-5-10-9(11-8)7(3)4;1-4-5-9-10-6-8(11-9)7(2)3;1-2/h5-7H,1-4H3;6-7H,4-5H2,1-3H3;1-2H3. The zero-order valence-corrected chi connectivity index (χ0v) is 18.6. The molecule has 0 aromatic carbocycles. The van der Waals surface area contributed by atoms with Gasteiger partial charge in [0.15, 0.2) is 0 Å². The van der Waals surface area contributed by atoms with Gasteiger partial charge >= 0.3 is 0 Å². The van der Waals surface area contributed by atoms with E-state index in [1.807, 2.05) is 48.9 Å². The van der Waals surface area contributed by atoms with Crippen LogP contribution in [-0.2, 0) is 6.42 Å². The molecule has 2 aromatic heterocycles. The number of hydrogen-bond donors (Lipinski definition) is 0. The third-order valence-corrected chi connectivity index (χ3v) is 6.16. The molecule has 2 heterocycles. The lowest BCUT2D eigenvalue weighted by atomic mass is 10.2. The molecule has 0 saturated carbocycles. The van der Waals surface area contributed by atoms with Gasteiger partial charge in [-0.1, -0.05) is 62.3 Å². The van der Waals surface area contributed by atoms with Crippen molar-refractivity contribution >= 4 is 22.7 Å². The molecule has 0 N–H and O–H groups in total. The molecule has 0 fully saturated rings. The monoisotopic (exact) mass is 368 g/mol. The van der Waals surface area contributed by atoms with Crippen LogP contribution in [-0.4, -0.2) is 9.97 Å². The Morgan fingerprint density at radius 1 is 0.792 bits per heavy atom. The van der Waals surface area contributed by atoms with Crippen molar-refractivity contribution in [1.29, 1.82) is 0 Å². The van der Waals surface area contributed by atoms with Crippen LogP contribution in [0.2, 0.25) is 0 Å². The van der Waals surface area contributed by atoms with Gasteiger partial charge in [0.05, 0.1) is 10.0 Å².